The second-order valence-corrected chi connectivity index (χ2v) is 4.64. The molecule has 0 saturated heterocycles. The smallest absolute Gasteiger partial charge is 0.0858 e. The van der Waals surface area contributed by atoms with Crippen molar-refractivity contribution in [1.82, 2.24) is 15.0 Å². The van der Waals surface area contributed by atoms with Crippen LogP contribution in [0.2, 0.25) is 0 Å². The van der Waals surface area contributed by atoms with Crippen molar-refractivity contribution in [3.63, 3.8) is 0 Å². The van der Waals surface area contributed by atoms with Gasteiger partial charge in [0.15, 0.2) is 0 Å². The average Bonchev–Trinajstić information content (AvgIpc) is 3.07. The first-order valence-electron chi connectivity index (χ1n) is 6.06. The molecule has 4 heteroatoms. The van der Waals surface area contributed by atoms with Gasteiger partial charge in [0, 0.05) is 11.7 Å². The zero-order valence-electron chi connectivity index (χ0n) is 9.87. The van der Waals surface area contributed by atoms with E-state index in [0.29, 0.717) is 6.04 Å². The second kappa shape index (κ2) is 4.20. The van der Waals surface area contributed by atoms with Crippen molar-refractivity contribution >= 4 is 5.69 Å². The fourth-order valence-corrected chi connectivity index (χ4v) is 2.02. The van der Waals surface area contributed by atoms with E-state index < -0.39 is 0 Å². The number of hydrogen-bond donors (Lipinski definition) is 1. The number of nitrogens with one attached hydrogen (secondary N) is 1. The molecule has 1 fully saturated rings. The highest BCUT2D eigenvalue weighted by molar-refractivity contribution is 5.48. The first kappa shape index (κ1) is 10.3. The predicted octanol–water partition coefficient (Wildman–Crippen LogP) is 2.48. The highest BCUT2D eigenvalue weighted by Crippen LogP contribution is 2.33. The zero-order chi connectivity index (χ0) is 11.7. The summed E-state index contributed by atoms with van der Waals surface area (Å²) in [7, 11) is 0. The van der Waals surface area contributed by atoms with E-state index in [1.54, 1.807) is 17.2 Å². The molecule has 3 rings (SSSR count). The van der Waals surface area contributed by atoms with Crippen LogP contribution in [0.1, 0.15) is 19.8 Å². The molecular weight excluding hydrogens is 212 g/mol. The molecule has 2 aromatic rings. The van der Waals surface area contributed by atoms with Gasteiger partial charge in [-0.15, -0.1) is 0 Å². The summed E-state index contributed by atoms with van der Waals surface area (Å²) in [5.41, 5.74) is 2.15. The molecular formula is C13H16N4. The third kappa shape index (κ3) is 2.30. The van der Waals surface area contributed by atoms with Crippen LogP contribution in [0.25, 0.3) is 5.69 Å². The van der Waals surface area contributed by atoms with Crippen LogP contribution in [0.4, 0.5) is 5.69 Å². The molecule has 0 aliphatic heterocycles. The molecule has 0 amide bonds. The summed E-state index contributed by atoms with van der Waals surface area (Å²) in [6.45, 7) is 2.25. The molecule has 1 aliphatic rings. The Balaban J connectivity index is 1.71. The van der Waals surface area contributed by atoms with Gasteiger partial charge in [0.1, 0.15) is 0 Å². The normalized spacial score (nSPS) is 16.8. The Kier molecular flexibility index (Phi) is 2.55. The minimum absolute atomic E-state index is 0.573. The van der Waals surface area contributed by atoms with E-state index in [1.807, 2.05) is 12.1 Å². The van der Waals surface area contributed by atoms with Gasteiger partial charge in [-0.3, -0.25) is 0 Å². The molecule has 1 heterocycles. The summed E-state index contributed by atoms with van der Waals surface area (Å²) in [5, 5.41) is 11.7. The summed E-state index contributed by atoms with van der Waals surface area (Å²) >= 11 is 0. The lowest BCUT2D eigenvalue weighted by atomic mass is 10.2. The summed E-state index contributed by atoms with van der Waals surface area (Å²) in [6, 6.07) is 8.79. The van der Waals surface area contributed by atoms with Crippen LogP contribution in [0.5, 0.6) is 0 Å². The number of aromatic nitrogens is 3. The minimum Gasteiger partial charge on any atom is -0.382 e. The van der Waals surface area contributed by atoms with Crippen molar-refractivity contribution in [2.75, 3.05) is 5.32 Å². The van der Waals surface area contributed by atoms with Gasteiger partial charge in [0.25, 0.3) is 0 Å². The van der Waals surface area contributed by atoms with Crippen LogP contribution >= 0.6 is 0 Å². The Morgan fingerprint density at radius 3 is 2.41 bits per heavy atom. The number of rotatable bonds is 4. The maximum absolute atomic E-state index is 4.10. The van der Waals surface area contributed by atoms with Crippen LogP contribution in [-0.4, -0.2) is 21.0 Å². The van der Waals surface area contributed by atoms with Gasteiger partial charge < -0.3 is 5.32 Å². The number of hydrogen-bond acceptors (Lipinski definition) is 3. The Hall–Kier alpha value is -1.84. The second-order valence-electron chi connectivity index (χ2n) is 4.64. The molecule has 88 valence electrons. The molecule has 1 aliphatic carbocycles. The highest BCUT2D eigenvalue weighted by atomic mass is 15.5. The van der Waals surface area contributed by atoms with Crippen molar-refractivity contribution in [1.29, 1.82) is 0 Å². The summed E-state index contributed by atoms with van der Waals surface area (Å²) in [6.07, 6.45) is 6.09. The number of anilines is 1. The van der Waals surface area contributed by atoms with E-state index in [9.17, 15) is 0 Å². The number of nitrogens with zero attached hydrogens (tertiary/aromatic N) is 3. The predicted molar refractivity (Wildman–Crippen MR) is 67.2 cm³/mol. The first-order chi connectivity index (χ1) is 8.33. The molecule has 1 atom stereocenters. The molecule has 1 unspecified atom stereocenters. The Bertz CT molecular complexity index is 471. The average molecular weight is 228 g/mol. The maximum atomic E-state index is 4.10. The summed E-state index contributed by atoms with van der Waals surface area (Å²) in [5.74, 6) is 0.863. The Morgan fingerprint density at radius 2 is 1.82 bits per heavy atom. The van der Waals surface area contributed by atoms with Gasteiger partial charge in [-0.25, -0.2) is 0 Å². The van der Waals surface area contributed by atoms with Crippen molar-refractivity contribution in [2.45, 2.75) is 25.8 Å². The molecule has 1 N–H and O–H groups in total. The van der Waals surface area contributed by atoms with Crippen LogP contribution in [0.3, 0.4) is 0 Å². The van der Waals surface area contributed by atoms with Gasteiger partial charge in [-0.2, -0.15) is 15.0 Å². The van der Waals surface area contributed by atoms with E-state index >= 15 is 0 Å². The van der Waals surface area contributed by atoms with Crippen molar-refractivity contribution in [3.8, 4) is 5.69 Å². The van der Waals surface area contributed by atoms with Crippen LogP contribution in [-0.2, 0) is 0 Å². The van der Waals surface area contributed by atoms with Gasteiger partial charge >= 0.3 is 0 Å². The lowest BCUT2D eigenvalue weighted by Crippen LogP contribution is -2.17. The molecule has 1 aromatic carbocycles. The fraction of sp³-hybridized carbons (Fsp3) is 0.385. The van der Waals surface area contributed by atoms with Crippen LogP contribution in [0.15, 0.2) is 36.7 Å². The lowest BCUT2D eigenvalue weighted by Gasteiger charge is -2.14. The van der Waals surface area contributed by atoms with Crippen molar-refractivity contribution in [3.05, 3.63) is 36.7 Å². The highest BCUT2D eigenvalue weighted by Gasteiger charge is 2.27. The molecule has 1 saturated carbocycles. The largest absolute Gasteiger partial charge is 0.382 e. The van der Waals surface area contributed by atoms with E-state index in [-0.39, 0.29) is 0 Å². The van der Waals surface area contributed by atoms with E-state index in [0.717, 1.165) is 11.6 Å². The first-order valence-corrected chi connectivity index (χ1v) is 6.06. The molecule has 0 spiro atoms. The fourth-order valence-electron chi connectivity index (χ4n) is 2.02. The molecule has 17 heavy (non-hydrogen) atoms. The van der Waals surface area contributed by atoms with Gasteiger partial charge in [-0.1, -0.05) is 0 Å². The third-order valence-electron chi connectivity index (χ3n) is 3.24. The third-order valence-corrected chi connectivity index (χ3v) is 3.24. The van der Waals surface area contributed by atoms with Gasteiger partial charge in [-0.05, 0) is 49.9 Å². The maximum Gasteiger partial charge on any atom is 0.0858 e. The zero-order valence-corrected chi connectivity index (χ0v) is 9.87. The van der Waals surface area contributed by atoms with Gasteiger partial charge in [0.05, 0.1) is 18.1 Å². The van der Waals surface area contributed by atoms with Crippen molar-refractivity contribution < 1.29 is 0 Å². The molecule has 4 nitrogen and oxygen atoms in total. The Labute approximate surface area is 101 Å². The standard InChI is InChI=1S/C13H16N4/c1-10(11-2-3-11)16-12-4-6-13(7-5-12)17-14-8-9-15-17/h4-11,16H,2-3H2,1H3. The van der Waals surface area contributed by atoms with E-state index in [1.165, 1.54) is 18.5 Å². The number of benzene rings is 1. The van der Waals surface area contributed by atoms with E-state index in [4.69, 9.17) is 0 Å². The van der Waals surface area contributed by atoms with Crippen LogP contribution in [0, 0.1) is 5.92 Å². The lowest BCUT2D eigenvalue weighted by molar-refractivity contribution is 0.694. The SMILES string of the molecule is CC(Nc1ccc(-n2nccn2)cc1)C1CC1. The monoisotopic (exact) mass is 228 g/mol. The quantitative estimate of drug-likeness (QED) is 0.874. The molecule has 0 bridgehead atoms. The minimum atomic E-state index is 0.573. The topological polar surface area (TPSA) is 42.7 Å². The van der Waals surface area contributed by atoms with Crippen LogP contribution < -0.4 is 5.32 Å². The Morgan fingerprint density at radius 1 is 1.18 bits per heavy atom. The van der Waals surface area contributed by atoms with E-state index in [2.05, 4.69) is 34.6 Å². The molecule has 1 aromatic heterocycles. The summed E-state index contributed by atoms with van der Waals surface area (Å²) < 4.78 is 0. The van der Waals surface area contributed by atoms with Crippen molar-refractivity contribution in [2.24, 2.45) is 5.92 Å². The van der Waals surface area contributed by atoms with Gasteiger partial charge in [0.2, 0.25) is 0 Å². The summed E-state index contributed by atoms with van der Waals surface area (Å²) in [4.78, 5) is 1.62. The molecule has 0 radical (unpaired) electrons.